The van der Waals surface area contributed by atoms with Crippen molar-refractivity contribution in [1.29, 1.82) is 0 Å². The number of hydrogen-bond acceptors (Lipinski definition) is 2. The molecule has 0 saturated heterocycles. The number of rotatable bonds is 1. The van der Waals surface area contributed by atoms with Crippen molar-refractivity contribution in [2.75, 3.05) is 0 Å². The molecule has 4 atom stereocenters. The molecule has 4 rings (SSSR count). The van der Waals surface area contributed by atoms with Gasteiger partial charge >= 0.3 is 0 Å². The number of carbonyl (C=O) groups is 1. The lowest BCUT2D eigenvalue weighted by Gasteiger charge is -2.49. The SMILES string of the molecule is CC12CCC3c4ccc(O)cc4CCC3C1CC/C2=C\C=O. The molecule has 0 aromatic heterocycles. The van der Waals surface area contributed by atoms with Crippen LogP contribution in [0.4, 0.5) is 0 Å². The van der Waals surface area contributed by atoms with E-state index in [-0.39, 0.29) is 5.41 Å². The van der Waals surface area contributed by atoms with Crippen molar-refractivity contribution in [3.8, 4) is 5.75 Å². The van der Waals surface area contributed by atoms with Crippen LogP contribution in [0.2, 0.25) is 0 Å². The number of phenols is 1. The maximum atomic E-state index is 11.0. The van der Waals surface area contributed by atoms with E-state index in [0.717, 1.165) is 31.0 Å². The summed E-state index contributed by atoms with van der Waals surface area (Å²) in [6.07, 6.45) is 9.89. The highest BCUT2D eigenvalue weighted by Crippen LogP contribution is 2.62. The molecule has 0 spiro atoms. The van der Waals surface area contributed by atoms with Gasteiger partial charge in [-0.3, -0.25) is 4.79 Å². The predicted octanol–water partition coefficient (Wildman–Crippen LogP) is 4.37. The van der Waals surface area contributed by atoms with E-state index in [4.69, 9.17) is 0 Å². The largest absolute Gasteiger partial charge is 0.508 e. The second-order valence-corrected chi connectivity index (χ2v) is 7.62. The zero-order valence-corrected chi connectivity index (χ0v) is 13.2. The second kappa shape index (κ2) is 4.97. The summed E-state index contributed by atoms with van der Waals surface area (Å²) in [6.45, 7) is 2.39. The van der Waals surface area contributed by atoms with E-state index in [1.54, 1.807) is 0 Å². The predicted molar refractivity (Wildman–Crippen MR) is 86.9 cm³/mol. The molecular formula is C20H24O2. The molecule has 22 heavy (non-hydrogen) atoms. The van der Waals surface area contributed by atoms with Gasteiger partial charge in [0.15, 0.2) is 0 Å². The van der Waals surface area contributed by atoms with Crippen molar-refractivity contribution in [2.24, 2.45) is 17.3 Å². The number of allylic oxidation sites excluding steroid dienone is 2. The number of aromatic hydroxyl groups is 1. The number of carbonyl (C=O) groups excluding carboxylic acids is 1. The normalized spacial score (nSPS) is 38.2. The molecule has 0 radical (unpaired) electrons. The first-order valence-electron chi connectivity index (χ1n) is 8.60. The smallest absolute Gasteiger partial charge is 0.142 e. The molecule has 2 nitrogen and oxygen atoms in total. The lowest BCUT2D eigenvalue weighted by atomic mass is 9.55. The van der Waals surface area contributed by atoms with Gasteiger partial charge in [0.25, 0.3) is 0 Å². The molecule has 4 unspecified atom stereocenters. The molecule has 0 heterocycles. The minimum atomic E-state index is 0.247. The number of fused-ring (bicyclic) bond motifs is 5. The van der Waals surface area contributed by atoms with E-state index in [1.807, 2.05) is 18.2 Å². The Labute approximate surface area is 132 Å². The van der Waals surface area contributed by atoms with Crippen molar-refractivity contribution in [3.63, 3.8) is 0 Å². The maximum absolute atomic E-state index is 11.0. The number of aldehydes is 1. The monoisotopic (exact) mass is 296 g/mol. The van der Waals surface area contributed by atoms with Crippen molar-refractivity contribution < 1.29 is 9.90 Å². The molecule has 0 bridgehead atoms. The molecule has 1 aromatic rings. The fraction of sp³-hybridized carbons (Fsp3) is 0.550. The molecule has 0 aliphatic heterocycles. The van der Waals surface area contributed by atoms with Gasteiger partial charge in [0.1, 0.15) is 12.0 Å². The van der Waals surface area contributed by atoms with Gasteiger partial charge in [0, 0.05) is 0 Å². The highest BCUT2D eigenvalue weighted by Gasteiger charge is 2.52. The number of benzene rings is 1. The Kier molecular flexibility index (Phi) is 3.18. The zero-order chi connectivity index (χ0) is 15.3. The fourth-order valence-corrected chi connectivity index (χ4v) is 5.77. The Balaban J connectivity index is 1.70. The molecule has 2 heteroatoms. The number of phenolic OH excluding ortho intramolecular Hbond substituents is 1. The summed E-state index contributed by atoms with van der Waals surface area (Å²) in [6, 6.07) is 5.97. The highest BCUT2D eigenvalue weighted by molar-refractivity contribution is 5.67. The lowest BCUT2D eigenvalue weighted by molar-refractivity contribution is -0.104. The van der Waals surface area contributed by atoms with Crippen molar-refractivity contribution in [3.05, 3.63) is 41.0 Å². The molecule has 2 saturated carbocycles. The highest BCUT2D eigenvalue weighted by atomic mass is 16.3. The average Bonchev–Trinajstić information content (AvgIpc) is 2.84. The Morgan fingerprint density at radius 2 is 2.09 bits per heavy atom. The first-order valence-corrected chi connectivity index (χ1v) is 8.60. The number of aryl methyl sites for hydroxylation is 1. The number of hydrogen-bond donors (Lipinski definition) is 1. The van der Waals surface area contributed by atoms with Crippen LogP contribution in [0, 0.1) is 17.3 Å². The van der Waals surface area contributed by atoms with E-state index >= 15 is 0 Å². The van der Waals surface area contributed by atoms with Gasteiger partial charge in [0.2, 0.25) is 0 Å². The van der Waals surface area contributed by atoms with Gasteiger partial charge in [-0.15, -0.1) is 0 Å². The van der Waals surface area contributed by atoms with Gasteiger partial charge < -0.3 is 5.11 Å². The van der Waals surface area contributed by atoms with Gasteiger partial charge in [-0.05, 0) is 91.0 Å². The molecular weight excluding hydrogens is 272 g/mol. The topological polar surface area (TPSA) is 37.3 Å². The van der Waals surface area contributed by atoms with E-state index in [2.05, 4.69) is 13.0 Å². The van der Waals surface area contributed by atoms with E-state index in [9.17, 15) is 9.90 Å². The van der Waals surface area contributed by atoms with Crippen LogP contribution in [-0.2, 0) is 11.2 Å². The zero-order valence-electron chi connectivity index (χ0n) is 13.2. The summed E-state index contributed by atoms with van der Waals surface area (Å²) >= 11 is 0. The third kappa shape index (κ3) is 1.89. The summed E-state index contributed by atoms with van der Waals surface area (Å²) < 4.78 is 0. The van der Waals surface area contributed by atoms with Crippen LogP contribution >= 0.6 is 0 Å². The minimum absolute atomic E-state index is 0.247. The van der Waals surface area contributed by atoms with E-state index < -0.39 is 0 Å². The molecule has 1 N–H and O–H groups in total. The second-order valence-electron chi connectivity index (χ2n) is 7.62. The first kappa shape index (κ1) is 14.0. The van der Waals surface area contributed by atoms with Gasteiger partial charge in [0.05, 0.1) is 0 Å². The summed E-state index contributed by atoms with van der Waals surface area (Å²) in [5, 5.41) is 9.73. The lowest BCUT2D eigenvalue weighted by Crippen LogP contribution is -2.40. The standard InChI is InChI=1S/C20H24O2/c1-20-10-8-17-16-6-4-15(22)12-13(16)2-5-18(17)19(20)7-3-14(20)9-11-21/h4,6,9,11-12,17-19,22H,2-3,5,7-8,10H2,1H3/b14-9+. The Bertz CT molecular complexity index is 645. The molecule has 3 aliphatic rings. The van der Waals surface area contributed by atoms with Crippen LogP contribution in [-0.4, -0.2) is 11.4 Å². The summed E-state index contributed by atoms with van der Waals surface area (Å²) in [5.41, 5.74) is 4.47. The quantitative estimate of drug-likeness (QED) is 0.617. The van der Waals surface area contributed by atoms with Gasteiger partial charge in [-0.25, -0.2) is 0 Å². The van der Waals surface area contributed by atoms with Crippen LogP contribution in [0.15, 0.2) is 29.8 Å². The van der Waals surface area contributed by atoms with Gasteiger partial charge in [-0.1, -0.05) is 18.6 Å². The van der Waals surface area contributed by atoms with Crippen LogP contribution in [0.25, 0.3) is 0 Å². The van der Waals surface area contributed by atoms with Crippen molar-refractivity contribution >= 4 is 6.29 Å². The minimum Gasteiger partial charge on any atom is -0.508 e. The summed E-state index contributed by atoms with van der Waals surface area (Å²) in [7, 11) is 0. The van der Waals surface area contributed by atoms with Gasteiger partial charge in [-0.2, -0.15) is 0 Å². The van der Waals surface area contributed by atoms with Crippen molar-refractivity contribution in [2.45, 2.75) is 51.4 Å². The van der Waals surface area contributed by atoms with Crippen LogP contribution < -0.4 is 0 Å². The third-order valence-electron chi connectivity index (χ3n) is 6.83. The fourth-order valence-electron chi connectivity index (χ4n) is 5.77. The van der Waals surface area contributed by atoms with Crippen LogP contribution in [0.3, 0.4) is 0 Å². The Hall–Kier alpha value is -1.57. The van der Waals surface area contributed by atoms with Crippen LogP contribution in [0.5, 0.6) is 5.75 Å². The molecule has 1 aromatic carbocycles. The molecule has 3 aliphatic carbocycles. The molecule has 116 valence electrons. The Morgan fingerprint density at radius 1 is 1.23 bits per heavy atom. The van der Waals surface area contributed by atoms with Crippen molar-refractivity contribution in [1.82, 2.24) is 0 Å². The maximum Gasteiger partial charge on any atom is 0.142 e. The molecule has 0 amide bonds. The average molecular weight is 296 g/mol. The summed E-state index contributed by atoms with van der Waals surface area (Å²) in [5.74, 6) is 2.51. The third-order valence-corrected chi connectivity index (χ3v) is 6.83. The van der Waals surface area contributed by atoms with E-state index in [0.29, 0.717) is 11.7 Å². The van der Waals surface area contributed by atoms with Crippen LogP contribution in [0.1, 0.15) is 56.1 Å². The Morgan fingerprint density at radius 3 is 2.91 bits per heavy atom. The molecule has 2 fully saturated rings. The van der Waals surface area contributed by atoms with E-state index in [1.165, 1.54) is 42.4 Å². The summed E-state index contributed by atoms with van der Waals surface area (Å²) in [4.78, 5) is 11.0. The first-order chi connectivity index (χ1) is 10.6.